The summed E-state index contributed by atoms with van der Waals surface area (Å²) in [6, 6.07) is 3.40. The van der Waals surface area contributed by atoms with Gasteiger partial charge in [0.25, 0.3) is 0 Å². The van der Waals surface area contributed by atoms with Gasteiger partial charge < -0.3 is 10.2 Å². The van der Waals surface area contributed by atoms with Gasteiger partial charge in [-0.2, -0.15) is 0 Å². The molecule has 0 fully saturated rings. The normalized spacial score (nSPS) is 19.6. The Morgan fingerprint density at radius 3 is 2.89 bits per heavy atom. The highest BCUT2D eigenvalue weighted by atomic mass is 35.5. The number of benzene rings is 1. The summed E-state index contributed by atoms with van der Waals surface area (Å²) in [7, 11) is 0. The van der Waals surface area contributed by atoms with Crippen molar-refractivity contribution in [3.05, 3.63) is 28.3 Å². The molecule has 2 N–H and O–H groups in total. The molecule has 1 aromatic rings. The molecular formula is C14H17ClO3. The van der Waals surface area contributed by atoms with Crippen molar-refractivity contribution in [2.24, 2.45) is 5.92 Å². The van der Waals surface area contributed by atoms with Crippen molar-refractivity contribution < 1.29 is 15.0 Å². The second-order valence-corrected chi connectivity index (χ2v) is 5.29. The van der Waals surface area contributed by atoms with Gasteiger partial charge in [0.1, 0.15) is 5.75 Å². The number of phenolic OH excluding ortho intramolecular Hbond substituents is 1. The van der Waals surface area contributed by atoms with E-state index in [1.54, 1.807) is 12.1 Å². The lowest BCUT2D eigenvalue weighted by molar-refractivity contribution is -0.142. The van der Waals surface area contributed by atoms with Gasteiger partial charge in [-0.1, -0.05) is 24.9 Å². The van der Waals surface area contributed by atoms with E-state index < -0.39 is 5.97 Å². The lowest BCUT2D eigenvalue weighted by Gasteiger charge is -2.20. The van der Waals surface area contributed by atoms with E-state index in [0.29, 0.717) is 11.4 Å². The van der Waals surface area contributed by atoms with Crippen LogP contribution in [0.4, 0.5) is 0 Å². The van der Waals surface area contributed by atoms with Crippen molar-refractivity contribution in [1.82, 2.24) is 0 Å². The van der Waals surface area contributed by atoms with E-state index in [0.717, 1.165) is 30.4 Å². The molecule has 1 aliphatic rings. The predicted octanol–water partition coefficient (Wildman–Crippen LogP) is 3.58. The summed E-state index contributed by atoms with van der Waals surface area (Å²) in [4.78, 5) is 11.4. The molecule has 3 nitrogen and oxygen atoms in total. The zero-order valence-electron chi connectivity index (χ0n) is 10.3. The first-order valence-corrected chi connectivity index (χ1v) is 6.66. The van der Waals surface area contributed by atoms with Crippen LogP contribution < -0.4 is 0 Å². The smallest absolute Gasteiger partial charge is 0.307 e. The van der Waals surface area contributed by atoms with Crippen molar-refractivity contribution in [2.45, 2.75) is 38.5 Å². The number of phenols is 1. The summed E-state index contributed by atoms with van der Waals surface area (Å²) < 4.78 is 0. The van der Waals surface area contributed by atoms with E-state index in [4.69, 9.17) is 11.6 Å². The molecule has 1 aromatic carbocycles. The fraction of sp³-hybridized carbons (Fsp3) is 0.500. The average Bonchev–Trinajstić information content (AvgIpc) is 2.69. The van der Waals surface area contributed by atoms with E-state index in [9.17, 15) is 15.0 Å². The third-order valence-corrected chi connectivity index (χ3v) is 4.04. The van der Waals surface area contributed by atoms with Gasteiger partial charge in [0, 0.05) is 0 Å². The summed E-state index contributed by atoms with van der Waals surface area (Å²) in [5.74, 6) is -0.982. The fourth-order valence-electron chi connectivity index (χ4n) is 2.87. The molecule has 2 atom stereocenters. The molecule has 98 valence electrons. The number of rotatable bonds is 4. The summed E-state index contributed by atoms with van der Waals surface area (Å²) in [5, 5.41) is 19.2. The Bertz CT molecular complexity index is 470. The molecule has 0 saturated heterocycles. The van der Waals surface area contributed by atoms with Gasteiger partial charge in [-0.25, -0.2) is 0 Å². The highest BCUT2D eigenvalue weighted by Gasteiger charge is 2.34. The number of aliphatic carboxylic acids is 1. The molecule has 2 unspecified atom stereocenters. The van der Waals surface area contributed by atoms with Crippen LogP contribution in [-0.2, 0) is 11.2 Å². The maximum absolute atomic E-state index is 11.4. The predicted molar refractivity (Wildman–Crippen MR) is 70.2 cm³/mol. The minimum absolute atomic E-state index is 0.0237. The molecule has 0 aliphatic heterocycles. The van der Waals surface area contributed by atoms with Gasteiger partial charge in [0.2, 0.25) is 0 Å². The zero-order chi connectivity index (χ0) is 13.3. The van der Waals surface area contributed by atoms with Crippen molar-refractivity contribution >= 4 is 17.6 Å². The fourth-order valence-corrected chi connectivity index (χ4v) is 3.05. The lowest BCUT2D eigenvalue weighted by Crippen LogP contribution is -2.20. The minimum atomic E-state index is -0.737. The van der Waals surface area contributed by atoms with Crippen molar-refractivity contribution in [3.63, 3.8) is 0 Å². The summed E-state index contributed by atoms with van der Waals surface area (Å²) in [5.41, 5.74) is 2.03. The second kappa shape index (κ2) is 5.19. The van der Waals surface area contributed by atoms with E-state index >= 15 is 0 Å². The van der Waals surface area contributed by atoms with E-state index in [2.05, 4.69) is 0 Å². The Balaban J connectivity index is 2.35. The first-order valence-electron chi connectivity index (χ1n) is 6.28. The molecular weight excluding hydrogens is 252 g/mol. The molecule has 0 aromatic heterocycles. The third-order valence-electron chi connectivity index (χ3n) is 3.74. The Morgan fingerprint density at radius 1 is 1.56 bits per heavy atom. The van der Waals surface area contributed by atoms with Crippen LogP contribution in [0.1, 0.15) is 43.2 Å². The molecule has 2 rings (SSSR count). The van der Waals surface area contributed by atoms with E-state index in [-0.39, 0.29) is 17.6 Å². The van der Waals surface area contributed by atoms with Gasteiger partial charge in [-0.15, -0.1) is 0 Å². The lowest BCUT2D eigenvalue weighted by atomic mass is 9.84. The molecule has 4 heteroatoms. The molecule has 0 heterocycles. The minimum Gasteiger partial charge on any atom is -0.506 e. The summed E-state index contributed by atoms with van der Waals surface area (Å²) in [6.07, 6.45) is 3.18. The van der Waals surface area contributed by atoms with Crippen LogP contribution in [0.15, 0.2) is 12.1 Å². The highest BCUT2D eigenvalue weighted by molar-refractivity contribution is 6.32. The van der Waals surface area contributed by atoms with Crippen LogP contribution in [0.5, 0.6) is 5.75 Å². The molecule has 0 saturated carbocycles. The number of aryl methyl sites for hydroxylation is 1. The molecule has 0 spiro atoms. The number of fused-ring (bicyclic) bond motifs is 1. The number of carbonyl (C=O) groups is 1. The van der Waals surface area contributed by atoms with Gasteiger partial charge in [0.05, 0.1) is 10.9 Å². The molecule has 0 radical (unpaired) electrons. The van der Waals surface area contributed by atoms with Crippen molar-refractivity contribution in [1.29, 1.82) is 0 Å². The Kier molecular flexibility index (Phi) is 3.81. The van der Waals surface area contributed by atoms with Gasteiger partial charge in [-0.05, 0) is 48.4 Å². The number of hydrogen-bond acceptors (Lipinski definition) is 2. The number of carboxylic acids is 1. The molecule has 1 aliphatic carbocycles. The quantitative estimate of drug-likeness (QED) is 0.878. The topological polar surface area (TPSA) is 57.5 Å². The maximum Gasteiger partial charge on any atom is 0.307 e. The Labute approximate surface area is 111 Å². The van der Waals surface area contributed by atoms with Crippen LogP contribution in [0.2, 0.25) is 5.02 Å². The van der Waals surface area contributed by atoms with Crippen molar-refractivity contribution in [3.8, 4) is 5.75 Å². The first-order chi connectivity index (χ1) is 8.54. The van der Waals surface area contributed by atoms with Crippen molar-refractivity contribution in [2.75, 3.05) is 0 Å². The molecule has 0 bridgehead atoms. The largest absolute Gasteiger partial charge is 0.506 e. The first kappa shape index (κ1) is 13.2. The standard InChI is InChI=1S/C14H17ClO3/c1-2-3-10(14(17)18)9-5-4-8-6-13(16)12(15)7-11(8)9/h6-7,9-10,16H,2-5H2,1H3,(H,17,18). The average molecular weight is 269 g/mol. The number of hydrogen-bond donors (Lipinski definition) is 2. The van der Waals surface area contributed by atoms with E-state index in [1.807, 2.05) is 6.92 Å². The summed E-state index contributed by atoms with van der Waals surface area (Å²) >= 11 is 5.92. The second-order valence-electron chi connectivity index (χ2n) is 4.88. The van der Waals surface area contributed by atoms with Crippen LogP contribution >= 0.6 is 11.6 Å². The maximum atomic E-state index is 11.4. The van der Waals surface area contributed by atoms with Crippen LogP contribution in [0, 0.1) is 5.92 Å². The van der Waals surface area contributed by atoms with Gasteiger partial charge in [0.15, 0.2) is 0 Å². The molecule has 0 amide bonds. The van der Waals surface area contributed by atoms with Crippen LogP contribution in [-0.4, -0.2) is 16.2 Å². The van der Waals surface area contributed by atoms with Crippen LogP contribution in [0.25, 0.3) is 0 Å². The Hall–Kier alpha value is -1.22. The van der Waals surface area contributed by atoms with Gasteiger partial charge >= 0.3 is 5.97 Å². The van der Waals surface area contributed by atoms with Crippen LogP contribution in [0.3, 0.4) is 0 Å². The number of halogens is 1. The van der Waals surface area contributed by atoms with E-state index in [1.165, 1.54) is 0 Å². The van der Waals surface area contributed by atoms with Gasteiger partial charge in [-0.3, -0.25) is 4.79 Å². The SMILES string of the molecule is CCCC(C(=O)O)C1CCc2cc(O)c(Cl)cc21. The Morgan fingerprint density at radius 2 is 2.28 bits per heavy atom. The zero-order valence-corrected chi connectivity index (χ0v) is 11.1. The third kappa shape index (κ3) is 2.32. The highest BCUT2D eigenvalue weighted by Crippen LogP contribution is 2.43. The molecule has 18 heavy (non-hydrogen) atoms. The number of carboxylic acid groups (broad SMARTS) is 1. The summed E-state index contributed by atoms with van der Waals surface area (Å²) in [6.45, 7) is 2.00. The number of aromatic hydroxyl groups is 1. The monoisotopic (exact) mass is 268 g/mol.